The maximum atomic E-state index is 13.9. The maximum absolute atomic E-state index is 13.9. The van der Waals surface area contributed by atoms with Gasteiger partial charge in [-0.2, -0.15) is 13.2 Å². The van der Waals surface area contributed by atoms with Crippen molar-refractivity contribution in [1.29, 1.82) is 0 Å². The SMILES string of the molecule is COc1cc(N2[C@H](C)CN(C3=Nc4cscc4[C@H](CC(=O)O)N3c3cc(C(F)(F)F)ccc3OC)C[C@@H]2C)ccn1. The number of alkyl halides is 3. The van der Waals surface area contributed by atoms with Crippen molar-refractivity contribution in [2.24, 2.45) is 4.99 Å². The Morgan fingerprint density at radius 2 is 1.83 bits per heavy atom. The van der Waals surface area contributed by atoms with Gasteiger partial charge in [0.2, 0.25) is 11.8 Å². The molecule has 3 aromatic rings. The van der Waals surface area contributed by atoms with Crippen molar-refractivity contribution in [2.75, 3.05) is 37.1 Å². The molecule has 9 nitrogen and oxygen atoms in total. The number of pyridine rings is 1. The average Bonchev–Trinajstić information content (AvgIpc) is 3.40. The lowest BCUT2D eigenvalue weighted by Gasteiger charge is -2.49. The smallest absolute Gasteiger partial charge is 0.416 e. The molecule has 3 atom stereocenters. The van der Waals surface area contributed by atoms with Gasteiger partial charge in [-0.05, 0) is 43.5 Å². The second kappa shape index (κ2) is 11.1. The van der Waals surface area contributed by atoms with Crippen molar-refractivity contribution in [2.45, 2.75) is 44.6 Å². The van der Waals surface area contributed by atoms with E-state index in [0.717, 1.165) is 17.8 Å². The largest absolute Gasteiger partial charge is 0.495 e. The van der Waals surface area contributed by atoms with E-state index < -0.39 is 23.8 Å². The van der Waals surface area contributed by atoms with Crippen LogP contribution in [0.5, 0.6) is 11.6 Å². The number of ether oxygens (including phenoxy) is 2. The minimum atomic E-state index is -4.61. The van der Waals surface area contributed by atoms with Gasteiger partial charge in [0, 0.05) is 54.1 Å². The molecule has 1 N–H and O–H groups in total. The zero-order valence-corrected chi connectivity index (χ0v) is 23.7. The second-order valence-corrected chi connectivity index (χ2v) is 10.8. The van der Waals surface area contributed by atoms with Gasteiger partial charge in [-0.15, -0.1) is 11.3 Å². The molecule has 2 aliphatic heterocycles. The van der Waals surface area contributed by atoms with Gasteiger partial charge in [-0.25, -0.2) is 9.98 Å². The lowest BCUT2D eigenvalue weighted by Crippen LogP contribution is -2.61. The standard InChI is InChI=1S/C28H30F3N5O4S/c1-16-12-34(13-17(2)35(16)19-7-8-32-25(10-19)40-4)27-33-21-15-41-14-20(21)22(11-26(37)38)36(27)23-9-18(28(29,30)31)5-6-24(23)39-3/h5-10,14-17,22H,11-13H2,1-4H3,(H,37,38)/t16-,17+,22-/m0/s1. The fourth-order valence-electron chi connectivity index (χ4n) is 5.67. The highest BCUT2D eigenvalue weighted by Gasteiger charge is 2.41. The number of carbonyl (C=O) groups is 1. The summed E-state index contributed by atoms with van der Waals surface area (Å²) in [4.78, 5) is 27.0. The van der Waals surface area contributed by atoms with Crippen LogP contribution in [0, 0.1) is 0 Å². The lowest BCUT2D eigenvalue weighted by molar-refractivity contribution is -0.138. The zero-order valence-electron chi connectivity index (χ0n) is 22.9. The fraction of sp³-hybridized carbons (Fsp3) is 0.393. The van der Waals surface area contributed by atoms with Crippen LogP contribution < -0.4 is 19.3 Å². The Labute approximate surface area is 239 Å². The highest BCUT2D eigenvalue weighted by molar-refractivity contribution is 7.08. The molecule has 2 aromatic heterocycles. The van der Waals surface area contributed by atoms with Crippen molar-refractivity contribution in [3.05, 3.63) is 58.4 Å². The normalized spacial score (nSPS) is 20.9. The predicted octanol–water partition coefficient (Wildman–Crippen LogP) is 5.80. The van der Waals surface area contributed by atoms with Gasteiger partial charge in [0.25, 0.3) is 0 Å². The summed E-state index contributed by atoms with van der Waals surface area (Å²) < 4.78 is 52.4. The molecule has 0 unspecified atom stereocenters. The van der Waals surface area contributed by atoms with Gasteiger partial charge < -0.3 is 29.3 Å². The number of fused-ring (bicyclic) bond motifs is 1. The number of nitrogens with zero attached hydrogens (tertiary/aromatic N) is 5. The molecule has 0 saturated carbocycles. The number of hydrogen-bond donors (Lipinski definition) is 1. The van der Waals surface area contributed by atoms with Gasteiger partial charge in [0.15, 0.2) is 0 Å². The highest BCUT2D eigenvalue weighted by atomic mass is 32.1. The Morgan fingerprint density at radius 3 is 2.46 bits per heavy atom. The first-order chi connectivity index (χ1) is 19.5. The first-order valence-electron chi connectivity index (χ1n) is 13.0. The first kappa shape index (κ1) is 28.5. The number of thiophene rings is 1. The Bertz CT molecular complexity index is 1450. The third kappa shape index (κ3) is 5.50. The van der Waals surface area contributed by atoms with E-state index >= 15 is 0 Å². The molecule has 0 radical (unpaired) electrons. The van der Waals surface area contributed by atoms with Crippen LogP contribution >= 0.6 is 11.3 Å². The number of carboxylic acid groups (broad SMARTS) is 1. The van der Waals surface area contributed by atoms with E-state index in [-0.39, 0.29) is 29.9 Å². The molecular weight excluding hydrogens is 559 g/mol. The summed E-state index contributed by atoms with van der Waals surface area (Å²) >= 11 is 1.37. The molecular formula is C28H30F3N5O4S. The minimum Gasteiger partial charge on any atom is -0.495 e. The zero-order chi connectivity index (χ0) is 29.5. The molecule has 218 valence electrons. The van der Waals surface area contributed by atoms with Crippen LogP contribution in [-0.4, -0.2) is 66.3 Å². The topological polar surface area (TPSA) is 90.7 Å². The summed E-state index contributed by atoms with van der Waals surface area (Å²) in [5.74, 6) is -0.0263. The quantitative estimate of drug-likeness (QED) is 0.386. The Kier molecular flexibility index (Phi) is 7.73. The van der Waals surface area contributed by atoms with Crippen LogP contribution in [0.25, 0.3) is 0 Å². The molecule has 1 fully saturated rings. The summed E-state index contributed by atoms with van der Waals surface area (Å²) in [5.41, 5.74) is 1.42. The third-order valence-corrected chi connectivity index (χ3v) is 8.09. The van der Waals surface area contributed by atoms with E-state index in [1.165, 1.54) is 24.5 Å². The van der Waals surface area contributed by atoms with Crippen LogP contribution in [0.1, 0.15) is 37.4 Å². The number of benzene rings is 1. The highest BCUT2D eigenvalue weighted by Crippen LogP contribution is 2.46. The molecule has 13 heteroatoms. The number of aliphatic carboxylic acids is 1. The van der Waals surface area contributed by atoms with Gasteiger partial charge in [-0.3, -0.25) is 4.79 Å². The monoisotopic (exact) mass is 589 g/mol. The summed E-state index contributed by atoms with van der Waals surface area (Å²) in [6, 6.07) is 6.11. The van der Waals surface area contributed by atoms with E-state index in [0.29, 0.717) is 36.2 Å². The lowest BCUT2D eigenvalue weighted by atomic mass is 9.99. The van der Waals surface area contributed by atoms with Crippen molar-refractivity contribution in [3.63, 3.8) is 0 Å². The molecule has 1 saturated heterocycles. The van der Waals surface area contributed by atoms with E-state index in [9.17, 15) is 23.1 Å². The fourth-order valence-corrected chi connectivity index (χ4v) is 6.48. The van der Waals surface area contributed by atoms with Gasteiger partial charge >= 0.3 is 12.1 Å². The second-order valence-electron chi connectivity index (χ2n) is 10.1. The Morgan fingerprint density at radius 1 is 1.10 bits per heavy atom. The number of methoxy groups -OCH3 is 2. The first-order valence-corrected chi connectivity index (χ1v) is 13.9. The van der Waals surface area contributed by atoms with Gasteiger partial charge in [0.1, 0.15) is 5.75 Å². The van der Waals surface area contributed by atoms with Crippen molar-refractivity contribution < 1.29 is 32.5 Å². The average molecular weight is 590 g/mol. The van der Waals surface area contributed by atoms with Crippen LogP contribution in [0.15, 0.2) is 52.3 Å². The molecule has 41 heavy (non-hydrogen) atoms. The van der Waals surface area contributed by atoms with Crippen LogP contribution in [0.2, 0.25) is 0 Å². The number of hydrogen-bond acceptors (Lipinski definition) is 9. The molecule has 2 aliphatic rings. The van der Waals surface area contributed by atoms with E-state index in [2.05, 4.69) is 23.7 Å². The van der Waals surface area contributed by atoms with E-state index in [1.807, 2.05) is 22.4 Å². The van der Waals surface area contributed by atoms with Crippen LogP contribution in [-0.2, 0) is 11.0 Å². The predicted molar refractivity (Wildman–Crippen MR) is 151 cm³/mol. The Hall–Kier alpha value is -4.00. The Balaban J connectivity index is 1.61. The number of aliphatic imine (C=N–C) groups is 1. The van der Waals surface area contributed by atoms with Crippen LogP contribution in [0.3, 0.4) is 0 Å². The number of piperazine rings is 1. The van der Waals surface area contributed by atoms with E-state index in [1.54, 1.807) is 23.6 Å². The number of carboxylic acids is 1. The van der Waals surface area contributed by atoms with Gasteiger partial charge in [0.05, 0.1) is 43.6 Å². The van der Waals surface area contributed by atoms with Crippen molar-refractivity contribution in [3.8, 4) is 11.6 Å². The van der Waals surface area contributed by atoms with Crippen molar-refractivity contribution >= 4 is 40.3 Å². The minimum absolute atomic E-state index is 0.0411. The third-order valence-electron chi connectivity index (χ3n) is 7.34. The molecule has 0 aliphatic carbocycles. The number of anilines is 2. The van der Waals surface area contributed by atoms with Crippen LogP contribution in [0.4, 0.5) is 30.2 Å². The summed E-state index contributed by atoms with van der Waals surface area (Å²) in [6.45, 7) is 5.06. The number of halogens is 3. The number of aromatic nitrogens is 1. The summed E-state index contributed by atoms with van der Waals surface area (Å²) in [6.07, 6.45) is -3.27. The summed E-state index contributed by atoms with van der Waals surface area (Å²) in [7, 11) is 2.93. The molecule has 0 spiro atoms. The molecule has 0 bridgehead atoms. The van der Waals surface area contributed by atoms with Gasteiger partial charge in [-0.1, -0.05) is 0 Å². The molecule has 0 amide bonds. The number of guanidine groups is 1. The summed E-state index contributed by atoms with van der Waals surface area (Å²) in [5, 5.41) is 13.5. The van der Waals surface area contributed by atoms with E-state index in [4.69, 9.17) is 14.5 Å². The number of rotatable bonds is 6. The molecule has 4 heterocycles. The maximum Gasteiger partial charge on any atom is 0.416 e. The molecule has 1 aromatic carbocycles. The van der Waals surface area contributed by atoms with Crippen molar-refractivity contribution in [1.82, 2.24) is 9.88 Å². The molecule has 5 rings (SSSR count).